The molecule has 0 aliphatic carbocycles. The summed E-state index contributed by atoms with van der Waals surface area (Å²) >= 11 is 0. The Morgan fingerprint density at radius 1 is 1.33 bits per heavy atom. The Morgan fingerprint density at radius 3 is 3.22 bits per heavy atom. The molecule has 0 aromatic rings. The fraction of sp³-hybridized carbons (Fsp3) is 0. The molecule has 0 atom stereocenters. The normalized spacial score (nSPS) is 20.4. The minimum Gasteiger partial charge on any atom is -0.233 e. The number of nitrogens with zero attached hydrogens (tertiary/aromatic N) is 4. The Morgan fingerprint density at radius 2 is 2.33 bits per heavy atom. The quantitative estimate of drug-likeness (QED) is 0.428. The summed E-state index contributed by atoms with van der Waals surface area (Å²) in [7, 11) is 0. The van der Waals surface area contributed by atoms with E-state index in [-0.39, 0.29) is 0 Å². The maximum absolute atomic E-state index is 3.91. The lowest BCUT2D eigenvalue weighted by atomic mass is 10.3. The predicted molar refractivity (Wildman–Crippen MR) is 34.6 cm³/mol. The summed E-state index contributed by atoms with van der Waals surface area (Å²) in [4.78, 5) is 7.74. The zero-order valence-corrected chi connectivity index (χ0v) is 4.52. The Labute approximate surface area is 51.7 Å². The molecule has 2 rings (SSSR count). The van der Waals surface area contributed by atoms with Crippen LogP contribution < -0.4 is 5.43 Å². The first-order valence-electron chi connectivity index (χ1n) is 2.52. The van der Waals surface area contributed by atoms with Crippen LogP contribution in [0.3, 0.4) is 0 Å². The SMILES string of the molecule is C1=CC2=NC=NC2=N[N]1. The van der Waals surface area contributed by atoms with Gasteiger partial charge in [0.05, 0.1) is 6.20 Å². The van der Waals surface area contributed by atoms with Crippen molar-refractivity contribution < 1.29 is 0 Å². The second-order valence-electron chi connectivity index (χ2n) is 1.61. The highest BCUT2D eigenvalue weighted by Gasteiger charge is 2.10. The third-order valence-corrected chi connectivity index (χ3v) is 1.06. The molecule has 9 heavy (non-hydrogen) atoms. The zero-order valence-electron chi connectivity index (χ0n) is 4.52. The van der Waals surface area contributed by atoms with E-state index in [1.165, 1.54) is 6.34 Å². The van der Waals surface area contributed by atoms with E-state index in [1.54, 1.807) is 12.3 Å². The summed E-state index contributed by atoms with van der Waals surface area (Å²) < 4.78 is 0. The molecule has 2 heterocycles. The topological polar surface area (TPSA) is 51.2 Å². The molecule has 4 heteroatoms. The lowest BCUT2D eigenvalue weighted by molar-refractivity contribution is 0.942. The van der Waals surface area contributed by atoms with Crippen LogP contribution >= 0.6 is 0 Å². The van der Waals surface area contributed by atoms with Crippen LogP contribution in [0, 0.1) is 0 Å². The van der Waals surface area contributed by atoms with Gasteiger partial charge in [0.25, 0.3) is 0 Å². The number of rotatable bonds is 0. The molecular weight excluding hydrogens is 116 g/mol. The molecule has 0 aromatic carbocycles. The molecule has 0 aromatic heterocycles. The fourth-order valence-corrected chi connectivity index (χ4v) is 0.656. The molecule has 0 fully saturated rings. The van der Waals surface area contributed by atoms with Crippen molar-refractivity contribution >= 4 is 17.9 Å². The number of hydrogen-bond acceptors (Lipinski definition) is 3. The van der Waals surface area contributed by atoms with E-state index in [4.69, 9.17) is 0 Å². The lowest BCUT2D eigenvalue weighted by Gasteiger charge is -1.96. The number of amidine groups is 1. The molecule has 0 amide bonds. The van der Waals surface area contributed by atoms with E-state index in [0.717, 1.165) is 5.71 Å². The average Bonchev–Trinajstić information content (AvgIpc) is 2.33. The highest BCUT2D eigenvalue weighted by Crippen LogP contribution is 1.99. The molecule has 0 unspecified atom stereocenters. The maximum Gasteiger partial charge on any atom is 0.201 e. The lowest BCUT2D eigenvalue weighted by Crippen LogP contribution is -2.11. The summed E-state index contributed by atoms with van der Waals surface area (Å²) in [6.45, 7) is 0. The van der Waals surface area contributed by atoms with E-state index in [1.807, 2.05) is 0 Å². The van der Waals surface area contributed by atoms with Gasteiger partial charge in [-0.15, -0.1) is 5.10 Å². The summed E-state index contributed by atoms with van der Waals surface area (Å²) in [5, 5.41) is 3.72. The molecule has 2 aliphatic rings. The van der Waals surface area contributed by atoms with Crippen molar-refractivity contribution in [3.63, 3.8) is 0 Å². The zero-order chi connectivity index (χ0) is 6.10. The smallest absolute Gasteiger partial charge is 0.201 e. The largest absolute Gasteiger partial charge is 0.233 e. The standard InChI is InChI=1S/C5H3N4/c1-2-8-9-5-4(1)6-3-7-5/h1-3H. The predicted octanol–water partition coefficient (Wildman–Crippen LogP) is -0.0855. The summed E-state index contributed by atoms with van der Waals surface area (Å²) in [6.07, 6.45) is 4.84. The third kappa shape index (κ3) is 0.561. The van der Waals surface area contributed by atoms with Gasteiger partial charge in [-0.3, -0.25) is 0 Å². The second-order valence-corrected chi connectivity index (χ2v) is 1.61. The van der Waals surface area contributed by atoms with Crippen molar-refractivity contribution in [2.24, 2.45) is 15.1 Å². The van der Waals surface area contributed by atoms with Crippen LogP contribution in [0.5, 0.6) is 0 Å². The number of hydrogen-bond donors (Lipinski definition) is 0. The van der Waals surface area contributed by atoms with Crippen molar-refractivity contribution in [3.05, 3.63) is 12.3 Å². The van der Waals surface area contributed by atoms with Gasteiger partial charge in [-0.2, -0.15) is 5.43 Å². The van der Waals surface area contributed by atoms with Gasteiger partial charge < -0.3 is 0 Å². The van der Waals surface area contributed by atoms with Gasteiger partial charge in [0.15, 0.2) is 0 Å². The van der Waals surface area contributed by atoms with Crippen LogP contribution in [0.4, 0.5) is 0 Å². The van der Waals surface area contributed by atoms with Crippen LogP contribution in [-0.2, 0) is 0 Å². The Balaban J connectivity index is 2.46. The Kier molecular flexibility index (Phi) is 0.745. The monoisotopic (exact) mass is 119 g/mol. The van der Waals surface area contributed by atoms with Gasteiger partial charge in [-0.05, 0) is 6.08 Å². The summed E-state index contributed by atoms with van der Waals surface area (Å²) in [5.74, 6) is 0.609. The molecule has 2 aliphatic heterocycles. The minimum absolute atomic E-state index is 0.609. The van der Waals surface area contributed by atoms with Gasteiger partial charge in [-0.25, -0.2) is 9.98 Å². The fourth-order valence-electron chi connectivity index (χ4n) is 0.656. The van der Waals surface area contributed by atoms with Gasteiger partial charge in [-0.1, -0.05) is 0 Å². The first-order valence-corrected chi connectivity index (χ1v) is 2.52. The molecule has 1 radical (unpaired) electrons. The third-order valence-electron chi connectivity index (χ3n) is 1.06. The molecule has 43 valence electrons. The highest BCUT2D eigenvalue weighted by molar-refractivity contribution is 6.50. The van der Waals surface area contributed by atoms with E-state index in [9.17, 15) is 0 Å². The van der Waals surface area contributed by atoms with Crippen molar-refractivity contribution in [2.75, 3.05) is 0 Å². The van der Waals surface area contributed by atoms with Crippen molar-refractivity contribution in [1.29, 1.82) is 0 Å². The summed E-state index contributed by atoms with van der Waals surface area (Å²) in [6, 6.07) is 0. The molecule has 0 N–H and O–H groups in total. The number of fused-ring (bicyclic) bond motifs is 1. The van der Waals surface area contributed by atoms with E-state index >= 15 is 0 Å². The number of aliphatic imine (C=N–C) groups is 2. The van der Waals surface area contributed by atoms with E-state index in [0.29, 0.717) is 5.84 Å². The molecule has 0 bridgehead atoms. The summed E-state index contributed by atoms with van der Waals surface area (Å²) in [5.41, 5.74) is 4.43. The van der Waals surface area contributed by atoms with Crippen molar-refractivity contribution in [3.8, 4) is 0 Å². The molecular formula is C5H3N4. The molecule has 0 spiro atoms. The molecule has 4 nitrogen and oxygen atoms in total. The van der Waals surface area contributed by atoms with Crippen LogP contribution in [0.2, 0.25) is 0 Å². The Bertz CT molecular complexity index is 246. The van der Waals surface area contributed by atoms with Gasteiger partial charge in [0, 0.05) is 0 Å². The molecule has 0 saturated heterocycles. The van der Waals surface area contributed by atoms with Crippen LogP contribution in [0.15, 0.2) is 27.4 Å². The van der Waals surface area contributed by atoms with E-state index < -0.39 is 0 Å². The first kappa shape index (κ1) is 4.43. The highest BCUT2D eigenvalue weighted by atomic mass is 15.3. The Hall–Kier alpha value is -1.45. The van der Waals surface area contributed by atoms with Gasteiger partial charge in [0.1, 0.15) is 12.1 Å². The average molecular weight is 119 g/mol. The van der Waals surface area contributed by atoms with Crippen LogP contribution in [-0.4, -0.2) is 17.9 Å². The van der Waals surface area contributed by atoms with Crippen LogP contribution in [0.1, 0.15) is 0 Å². The van der Waals surface area contributed by atoms with Gasteiger partial charge >= 0.3 is 0 Å². The van der Waals surface area contributed by atoms with Crippen LogP contribution in [0.25, 0.3) is 0 Å². The minimum atomic E-state index is 0.609. The molecule has 0 saturated carbocycles. The first-order chi connectivity index (χ1) is 4.47. The van der Waals surface area contributed by atoms with Crippen molar-refractivity contribution in [2.45, 2.75) is 0 Å². The van der Waals surface area contributed by atoms with Gasteiger partial charge in [0.2, 0.25) is 5.84 Å². The second kappa shape index (κ2) is 1.51. The maximum atomic E-state index is 3.91. The van der Waals surface area contributed by atoms with E-state index in [2.05, 4.69) is 20.5 Å². The van der Waals surface area contributed by atoms with Crippen molar-refractivity contribution in [1.82, 2.24) is 5.43 Å².